The molecule has 1 aromatic rings. The minimum absolute atomic E-state index is 0.606. The van der Waals surface area contributed by atoms with Crippen molar-refractivity contribution in [1.82, 2.24) is 4.98 Å². The van der Waals surface area contributed by atoms with Crippen LogP contribution in [0, 0.1) is 11.8 Å². The molecule has 1 atom stereocenters. The van der Waals surface area contributed by atoms with Crippen LogP contribution in [0.1, 0.15) is 57.7 Å². The van der Waals surface area contributed by atoms with Crippen LogP contribution in [0.4, 0.5) is 5.82 Å². The molecule has 3 nitrogen and oxygen atoms in total. The molecule has 2 rings (SSSR count). The van der Waals surface area contributed by atoms with E-state index in [1.165, 1.54) is 30.5 Å². The first kappa shape index (κ1) is 16.3. The fourth-order valence-corrected chi connectivity index (χ4v) is 3.32. The van der Waals surface area contributed by atoms with Crippen molar-refractivity contribution in [3.05, 3.63) is 23.4 Å². The fourth-order valence-electron chi connectivity index (χ4n) is 3.32. The first-order valence-electron chi connectivity index (χ1n) is 8.58. The maximum atomic E-state index is 5.86. The molecule has 0 radical (unpaired) electrons. The molecule has 21 heavy (non-hydrogen) atoms. The van der Waals surface area contributed by atoms with Gasteiger partial charge in [-0.25, -0.2) is 4.98 Å². The smallest absolute Gasteiger partial charge is 0.129 e. The summed E-state index contributed by atoms with van der Waals surface area (Å²) in [6.45, 7) is 9.79. The number of hydrogen-bond acceptors (Lipinski definition) is 3. The SMILES string of the molecule is CCCc1cc(CN)cc(N2CCCC(C(C)C)CC2)n1. The van der Waals surface area contributed by atoms with Gasteiger partial charge in [0, 0.05) is 25.3 Å². The van der Waals surface area contributed by atoms with E-state index in [9.17, 15) is 0 Å². The summed E-state index contributed by atoms with van der Waals surface area (Å²) in [4.78, 5) is 7.35. The molecule has 1 aliphatic heterocycles. The Morgan fingerprint density at radius 1 is 1.29 bits per heavy atom. The zero-order valence-corrected chi connectivity index (χ0v) is 13.9. The Hall–Kier alpha value is -1.09. The highest BCUT2D eigenvalue weighted by Crippen LogP contribution is 2.27. The predicted molar refractivity (Wildman–Crippen MR) is 90.5 cm³/mol. The van der Waals surface area contributed by atoms with Crippen LogP contribution in [0.25, 0.3) is 0 Å². The first-order chi connectivity index (χ1) is 10.1. The summed E-state index contributed by atoms with van der Waals surface area (Å²) in [5.41, 5.74) is 8.27. The van der Waals surface area contributed by atoms with E-state index in [2.05, 4.69) is 37.8 Å². The largest absolute Gasteiger partial charge is 0.357 e. The molecule has 3 heteroatoms. The van der Waals surface area contributed by atoms with Gasteiger partial charge < -0.3 is 10.6 Å². The van der Waals surface area contributed by atoms with Gasteiger partial charge in [-0.1, -0.05) is 27.2 Å². The van der Waals surface area contributed by atoms with Gasteiger partial charge in [0.1, 0.15) is 5.82 Å². The van der Waals surface area contributed by atoms with Gasteiger partial charge in [0.05, 0.1) is 0 Å². The number of aryl methyl sites for hydroxylation is 1. The van der Waals surface area contributed by atoms with Crippen LogP contribution in [-0.4, -0.2) is 18.1 Å². The maximum absolute atomic E-state index is 5.86. The highest BCUT2D eigenvalue weighted by molar-refractivity contribution is 5.43. The minimum atomic E-state index is 0.606. The van der Waals surface area contributed by atoms with Crippen molar-refractivity contribution in [3.8, 4) is 0 Å². The van der Waals surface area contributed by atoms with Crippen LogP contribution in [-0.2, 0) is 13.0 Å². The monoisotopic (exact) mass is 289 g/mol. The Balaban J connectivity index is 2.14. The van der Waals surface area contributed by atoms with Gasteiger partial charge in [0.25, 0.3) is 0 Å². The molecule has 0 spiro atoms. The summed E-state index contributed by atoms with van der Waals surface area (Å²) in [5.74, 6) is 2.80. The Bertz CT molecular complexity index is 442. The van der Waals surface area contributed by atoms with Gasteiger partial charge in [-0.3, -0.25) is 0 Å². The molecule has 1 aromatic heterocycles. The first-order valence-corrected chi connectivity index (χ1v) is 8.58. The Kier molecular flexibility index (Phi) is 6.04. The van der Waals surface area contributed by atoms with Crippen LogP contribution in [0.15, 0.2) is 12.1 Å². The van der Waals surface area contributed by atoms with E-state index in [4.69, 9.17) is 10.7 Å². The van der Waals surface area contributed by atoms with E-state index in [-0.39, 0.29) is 0 Å². The lowest BCUT2D eigenvalue weighted by atomic mass is 9.89. The molecule has 1 fully saturated rings. The molecule has 0 aromatic carbocycles. The number of rotatable bonds is 5. The van der Waals surface area contributed by atoms with Crippen molar-refractivity contribution in [2.75, 3.05) is 18.0 Å². The van der Waals surface area contributed by atoms with Gasteiger partial charge in [0.15, 0.2) is 0 Å². The summed E-state index contributed by atoms with van der Waals surface area (Å²) in [7, 11) is 0. The fraction of sp³-hybridized carbons (Fsp3) is 0.722. The normalized spacial score (nSPS) is 19.9. The van der Waals surface area contributed by atoms with Gasteiger partial charge >= 0.3 is 0 Å². The van der Waals surface area contributed by atoms with Crippen molar-refractivity contribution < 1.29 is 0 Å². The molecule has 1 saturated heterocycles. The predicted octanol–water partition coefficient (Wildman–Crippen LogP) is 3.76. The van der Waals surface area contributed by atoms with E-state index >= 15 is 0 Å². The van der Waals surface area contributed by atoms with E-state index in [0.29, 0.717) is 6.54 Å². The van der Waals surface area contributed by atoms with Gasteiger partial charge in [-0.15, -0.1) is 0 Å². The van der Waals surface area contributed by atoms with Gasteiger partial charge in [0.2, 0.25) is 0 Å². The molecule has 0 amide bonds. The lowest BCUT2D eigenvalue weighted by molar-refractivity contribution is 0.351. The molecular weight excluding hydrogens is 258 g/mol. The molecule has 1 unspecified atom stereocenters. The molecule has 118 valence electrons. The average Bonchev–Trinajstić information content (AvgIpc) is 2.73. The number of nitrogens with two attached hydrogens (primary N) is 1. The lowest BCUT2D eigenvalue weighted by Crippen LogP contribution is -2.26. The molecule has 0 bridgehead atoms. The highest BCUT2D eigenvalue weighted by Gasteiger charge is 2.20. The van der Waals surface area contributed by atoms with E-state index < -0.39 is 0 Å². The van der Waals surface area contributed by atoms with Crippen LogP contribution < -0.4 is 10.6 Å². The Morgan fingerprint density at radius 3 is 2.76 bits per heavy atom. The Morgan fingerprint density at radius 2 is 2.10 bits per heavy atom. The molecular formula is C18H31N3. The van der Waals surface area contributed by atoms with E-state index in [1.54, 1.807) is 0 Å². The second-order valence-electron chi connectivity index (χ2n) is 6.70. The van der Waals surface area contributed by atoms with E-state index in [0.717, 1.165) is 43.6 Å². The molecule has 0 aliphatic carbocycles. The quantitative estimate of drug-likeness (QED) is 0.897. The van der Waals surface area contributed by atoms with Gasteiger partial charge in [-0.05, 0) is 55.2 Å². The minimum Gasteiger partial charge on any atom is -0.357 e. The lowest BCUT2D eigenvalue weighted by Gasteiger charge is -2.23. The van der Waals surface area contributed by atoms with Crippen LogP contribution >= 0.6 is 0 Å². The summed E-state index contributed by atoms with van der Waals surface area (Å²) in [6, 6.07) is 4.36. The second kappa shape index (κ2) is 7.79. The number of pyridine rings is 1. The highest BCUT2D eigenvalue weighted by atomic mass is 15.2. The zero-order valence-electron chi connectivity index (χ0n) is 13.9. The average molecular weight is 289 g/mol. The van der Waals surface area contributed by atoms with Crippen molar-refractivity contribution in [2.24, 2.45) is 17.6 Å². The topological polar surface area (TPSA) is 42.1 Å². The standard InChI is InChI=1S/C18H31N3/c1-4-6-17-11-15(13-19)12-18(20-17)21-9-5-7-16(8-10-21)14(2)3/h11-12,14,16H,4-10,13,19H2,1-3H3. The van der Waals surface area contributed by atoms with Crippen molar-refractivity contribution >= 4 is 5.82 Å². The number of nitrogens with zero attached hydrogens (tertiary/aromatic N) is 2. The van der Waals surface area contributed by atoms with Gasteiger partial charge in [-0.2, -0.15) is 0 Å². The Labute approximate surface area is 129 Å². The summed E-state index contributed by atoms with van der Waals surface area (Å²) < 4.78 is 0. The molecule has 2 heterocycles. The van der Waals surface area contributed by atoms with Crippen molar-refractivity contribution in [2.45, 2.75) is 59.4 Å². The van der Waals surface area contributed by atoms with Crippen LogP contribution in [0.3, 0.4) is 0 Å². The summed E-state index contributed by atoms with van der Waals surface area (Å²) in [6.07, 6.45) is 6.10. The van der Waals surface area contributed by atoms with Crippen molar-refractivity contribution in [1.29, 1.82) is 0 Å². The number of aromatic nitrogens is 1. The zero-order chi connectivity index (χ0) is 15.2. The number of anilines is 1. The van der Waals surface area contributed by atoms with Crippen LogP contribution in [0.2, 0.25) is 0 Å². The third-order valence-electron chi connectivity index (χ3n) is 4.71. The molecule has 2 N–H and O–H groups in total. The summed E-state index contributed by atoms with van der Waals surface area (Å²) in [5, 5.41) is 0. The maximum Gasteiger partial charge on any atom is 0.129 e. The van der Waals surface area contributed by atoms with Crippen LogP contribution in [0.5, 0.6) is 0 Å². The number of hydrogen-bond donors (Lipinski definition) is 1. The molecule has 0 saturated carbocycles. The second-order valence-corrected chi connectivity index (χ2v) is 6.70. The van der Waals surface area contributed by atoms with E-state index in [1.807, 2.05) is 0 Å². The third kappa shape index (κ3) is 4.44. The third-order valence-corrected chi connectivity index (χ3v) is 4.71. The van der Waals surface area contributed by atoms with Crippen molar-refractivity contribution in [3.63, 3.8) is 0 Å². The summed E-state index contributed by atoms with van der Waals surface area (Å²) >= 11 is 0. The molecule has 1 aliphatic rings.